The smallest absolute Gasteiger partial charge is 0.272 e. The Labute approximate surface area is 185 Å². The second-order valence-corrected chi connectivity index (χ2v) is 6.88. The van der Waals surface area contributed by atoms with E-state index in [1.165, 1.54) is 14.2 Å². The van der Waals surface area contributed by atoms with Crippen LogP contribution in [0.3, 0.4) is 0 Å². The Hall–Kier alpha value is -3.77. The molecule has 0 radical (unpaired) electrons. The first-order valence-electron chi connectivity index (χ1n) is 9.37. The normalized spacial score (nSPS) is 10.9. The summed E-state index contributed by atoms with van der Waals surface area (Å²) in [6, 6.07) is 20.5. The molecule has 0 aliphatic heterocycles. The van der Waals surface area contributed by atoms with Crippen LogP contribution >= 0.6 is 11.6 Å². The van der Waals surface area contributed by atoms with Crippen LogP contribution in [-0.4, -0.2) is 26.0 Å². The van der Waals surface area contributed by atoms with E-state index in [1.807, 2.05) is 12.1 Å². The number of para-hydroxylation sites is 1. The van der Waals surface area contributed by atoms with E-state index in [2.05, 4.69) is 10.6 Å². The lowest BCUT2D eigenvalue weighted by molar-refractivity contribution is -0.113. The molecule has 0 aromatic heterocycles. The van der Waals surface area contributed by atoms with Crippen LogP contribution < -0.4 is 20.1 Å². The Bertz CT molecular complexity index is 1110. The van der Waals surface area contributed by atoms with Crippen molar-refractivity contribution in [2.75, 3.05) is 19.5 Å². The van der Waals surface area contributed by atoms with Crippen LogP contribution in [0.1, 0.15) is 15.9 Å². The molecule has 3 aromatic carbocycles. The van der Waals surface area contributed by atoms with E-state index in [4.69, 9.17) is 21.1 Å². The zero-order chi connectivity index (χ0) is 22.2. The lowest BCUT2D eigenvalue weighted by Crippen LogP contribution is -2.30. The van der Waals surface area contributed by atoms with Crippen molar-refractivity contribution in [2.45, 2.75) is 0 Å². The highest BCUT2D eigenvalue weighted by molar-refractivity contribution is 6.30. The van der Waals surface area contributed by atoms with Crippen molar-refractivity contribution < 1.29 is 19.1 Å². The lowest BCUT2D eigenvalue weighted by Gasteiger charge is -2.13. The Morgan fingerprint density at radius 3 is 2.35 bits per heavy atom. The molecule has 6 nitrogen and oxygen atoms in total. The zero-order valence-corrected chi connectivity index (χ0v) is 17.8. The number of carbonyl (C=O) groups excluding carboxylic acids is 2. The van der Waals surface area contributed by atoms with Gasteiger partial charge >= 0.3 is 0 Å². The number of nitrogens with one attached hydrogen (secondary N) is 2. The lowest BCUT2D eigenvalue weighted by atomic mass is 10.1. The molecule has 7 heteroatoms. The number of benzene rings is 3. The molecule has 31 heavy (non-hydrogen) atoms. The minimum absolute atomic E-state index is 0.0484. The highest BCUT2D eigenvalue weighted by Gasteiger charge is 2.16. The van der Waals surface area contributed by atoms with Gasteiger partial charge in [0, 0.05) is 21.8 Å². The number of halogens is 1. The van der Waals surface area contributed by atoms with Crippen LogP contribution in [0.4, 0.5) is 5.69 Å². The molecule has 0 heterocycles. The van der Waals surface area contributed by atoms with Gasteiger partial charge in [-0.3, -0.25) is 9.59 Å². The molecule has 0 aliphatic carbocycles. The topological polar surface area (TPSA) is 76.7 Å². The summed E-state index contributed by atoms with van der Waals surface area (Å²) in [6.45, 7) is 0. The summed E-state index contributed by atoms with van der Waals surface area (Å²) in [6.07, 6.45) is 1.56. The van der Waals surface area contributed by atoms with E-state index < -0.39 is 11.8 Å². The van der Waals surface area contributed by atoms with E-state index >= 15 is 0 Å². The molecule has 3 aromatic rings. The minimum Gasteiger partial charge on any atom is -0.497 e. The molecule has 0 saturated heterocycles. The SMILES string of the molecule is COc1cccc(C(=O)NC(=Cc2ccccc2OC)C(=O)Nc2ccc(Cl)cc2)c1. The number of methoxy groups -OCH3 is 2. The molecule has 0 atom stereocenters. The fourth-order valence-corrected chi connectivity index (χ4v) is 2.92. The summed E-state index contributed by atoms with van der Waals surface area (Å²) >= 11 is 5.91. The number of hydrogen-bond acceptors (Lipinski definition) is 4. The Morgan fingerprint density at radius 2 is 1.65 bits per heavy atom. The van der Waals surface area contributed by atoms with Crippen molar-refractivity contribution >= 4 is 35.2 Å². The Kier molecular flexibility index (Phi) is 7.30. The predicted octanol–water partition coefficient (Wildman–Crippen LogP) is 4.77. The van der Waals surface area contributed by atoms with Crippen molar-refractivity contribution in [1.82, 2.24) is 5.32 Å². The molecule has 2 N–H and O–H groups in total. The zero-order valence-electron chi connectivity index (χ0n) is 17.0. The maximum atomic E-state index is 13.0. The largest absolute Gasteiger partial charge is 0.497 e. The molecule has 0 unspecified atom stereocenters. The molecule has 2 amide bonds. The number of anilines is 1. The second-order valence-electron chi connectivity index (χ2n) is 6.45. The van der Waals surface area contributed by atoms with Gasteiger partial charge in [0.05, 0.1) is 14.2 Å². The summed E-state index contributed by atoms with van der Waals surface area (Å²) in [5.74, 6) is 0.152. The van der Waals surface area contributed by atoms with Gasteiger partial charge in [-0.1, -0.05) is 35.9 Å². The molecule has 158 valence electrons. The average molecular weight is 437 g/mol. The molecule has 0 fully saturated rings. The summed E-state index contributed by atoms with van der Waals surface area (Å²) in [7, 11) is 3.05. The fraction of sp³-hybridized carbons (Fsp3) is 0.0833. The first kappa shape index (κ1) is 21.9. The highest BCUT2D eigenvalue weighted by atomic mass is 35.5. The van der Waals surface area contributed by atoms with E-state index in [9.17, 15) is 9.59 Å². The highest BCUT2D eigenvalue weighted by Crippen LogP contribution is 2.21. The fourth-order valence-electron chi connectivity index (χ4n) is 2.79. The van der Waals surface area contributed by atoms with E-state index in [0.29, 0.717) is 33.3 Å². The minimum atomic E-state index is -0.496. The number of hydrogen-bond donors (Lipinski definition) is 2. The van der Waals surface area contributed by atoms with E-state index in [0.717, 1.165) is 0 Å². The number of rotatable bonds is 7. The van der Waals surface area contributed by atoms with Gasteiger partial charge in [-0.15, -0.1) is 0 Å². The molecule has 0 spiro atoms. The standard InChI is InChI=1S/C24H21ClN2O4/c1-30-20-8-5-7-17(14-20)23(28)27-21(15-16-6-3-4-9-22(16)31-2)24(29)26-19-12-10-18(25)11-13-19/h3-15H,1-2H3,(H,26,29)(H,27,28). The molecular weight excluding hydrogens is 416 g/mol. The summed E-state index contributed by atoms with van der Waals surface area (Å²) in [5, 5.41) is 6.00. The third-order valence-electron chi connectivity index (χ3n) is 4.37. The third-order valence-corrected chi connectivity index (χ3v) is 4.62. The van der Waals surface area contributed by atoms with Gasteiger partial charge in [0.15, 0.2) is 0 Å². The van der Waals surface area contributed by atoms with Gasteiger partial charge < -0.3 is 20.1 Å². The van der Waals surface area contributed by atoms with Crippen molar-refractivity contribution in [3.05, 3.63) is 94.6 Å². The summed E-state index contributed by atoms with van der Waals surface area (Å²) < 4.78 is 10.5. The van der Waals surface area contributed by atoms with Crippen LogP contribution in [0.15, 0.2) is 78.5 Å². The maximum absolute atomic E-state index is 13.0. The average Bonchev–Trinajstić information content (AvgIpc) is 2.80. The van der Waals surface area contributed by atoms with Crippen LogP contribution in [0.5, 0.6) is 11.5 Å². The third kappa shape index (κ3) is 5.87. The van der Waals surface area contributed by atoms with Crippen LogP contribution in [0, 0.1) is 0 Å². The summed E-state index contributed by atoms with van der Waals surface area (Å²) in [4.78, 5) is 25.8. The molecular formula is C24H21ClN2O4. The Morgan fingerprint density at radius 1 is 0.903 bits per heavy atom. The van der Waals surface area contributed by atoms with Gasteiger partial charge in [-0.2, -0.15) is 0 Å². The summed E-state index contributed by atoms with van der Waals surface area (Å²) in [5.41, 5.74) is 1.57. The van der Waals surface area contributed by atoms with Gasteiger partial charge in [-0.25, -0.2) is 0 Å². The van der Waals surface area contributed by atoms with E-state index in [1.54, 1.807) is 66.7 Å². The van der Waals surface area contributed by atoms with Crippen molar-refractivity contribution in [3.8, 4) is 11.5 Å². The van der Waals surface area contributed by atoms with E-state index in [-0.39, 0.29) is 5.70 Å². The molecule has 0 saturated carbocycles. The number of amides is 2. The quantitative estimate of drug-likeness (QED) is 0.523. The van der Waals surface area contributed by atoms with Crippen molar-refractivity contribution in [1.29, 1.82) is 0 Å². The van der Waals surface area contributed by atoms with Crippen LogP contribution in [-0.2, 0) is 4.79 Å². The molecule has 0 bridgehead atoms. The van der Waals surface area contributed by atoms with Crippen molar-refractivity contribution in [3.63, 3.8) is 0 Å². The maximum Gasteiger partial charge on any atom is 0.272 e. The number of carbonyl (C=O) groups is 2. The monoisotopic (exact) mass is 436 g/mol. The van der Waals surface area contributed by atoms with Crippen molar-refractivity contribution in [2.24, 2.45) is 0 Å². The second kappa shape index (κ2) is 10.3. The molecule has 0 aliphatic rings. The van der Waals surface area contributed by atoms with Gasteiger partial charge in [-0.05, 0) is 54.6 Å². The first-order valence-corrected chi connectivity index (χ1v) is 9.75. The predicted molar refractivity (Wildman–Crippen MR) is 122 cm³/mol. The van der Waals surface area contributed by atoms with Crippen LogP contribution in [0.2, 0.25) is 5.02 Å². The van der Waals surface area contributed by atoms with Gasteiger partial charge in [0.2, 0.25) is 0 Å². The number of ether oxygens (including phenoxy) is 2. The Balaban J connectivity index is 1.93. The van der Waals surface area contributed by atoms with Gasteiger partial charge in [0.25, 0.3) is 11.8 Å². The van der Waals surface area contributed by atoms with Crippen LogP contribution in [0.25, 0.3) is 6.08 Å². The first-order chi connectivity index (χ1) is 15.0. The van der Waals surface area contributed by atoms with Gasteiger partial charge in [0.1, 0.15) is 17.2 Å². The molecule has 3 rings (SSSR count).